The first-order chi connectivity index (χ1) is 12.0. The average Bonchev–Trinajstić information content (AvgIpc) is 2.94. The lowest BCUT2D eigenvalue weighted by atomic mass is 10.0. The zero-order valence-corrected chi connectivity index (χ0v) is 14.7. The van der Waals surface area contributed by atoms with Gasteiger partial charge >= 0.3 is 11.7 Å². The van der Waals surface area contributed by atoms with Gasteiger partial charge < -0.3 is 14.6 Å². The molecule has 2 aromatic rings. The number of esters is 1. The fourth-order valence-corrected chi connectivity index (χ4v) is 3.48. The molecule has 1 N–H and O–H groups in total. The lowest BCUT2D eigenvalue weighted by Gasteiger charge is -2.32. The number of carbonyl (C=O) groups is 2. The minimum absolute atomic E-state index is 0.0343. The summed E-state index contributed by atoms with van der Waals surface area (Å²) >= 11 is 5.97. The highest BCUT2D eigenvalue weighted by Gasteiger charge is 2.26. The summed E-state index contributed by atoms with van der Waals surface area (Å²) in [5, 5.41) is 0.576. The molecule has 1 amide bonds. The van der Waals surface area contributed by atoms with Gasteiger partial charge in [-0.25, -0.2) is 4.79 Å². The molecule has 0 saturated carbocycles. The molecule has 1 saturated heterocycles. The van der Waals surface area contributed by atoms with Crippen molar-refractivity contribution < 1.29 is 14.3 Å². The zero-order valence-electron chi connectivity index (χ0n) is 14.0. The molecule has 1 aliphatic rings. The minimum Gasteiger partial charge on any atom is -0.469 e. The van der Waals surface area contributed by atoms with E-state index >= 15 is 0 Å². The van der Waals surface area contributed by atoms with Gasteiger partial charge in [0.1, 0.15) is 0 Å². The molecule has 25 heavy (non-hydrogen) atoms. The largest absolute Gasteiger partial charge is 0.469 e. The van der Waals surface area contributed by atoms with Crippen molar-refractivity contribution >= 4 is 34.5 Å². The Kier molecular flexibility index (Phi) is 5.13. The number of amides is 1. The number of nitrogens with zero attached hydrogens (tertiary/aromatic N) is 2. The van der Waals surface area contributed by atoms with Crippen molar-refractivity contribution in [2.75, 3.05) is 20.2 Å². The molecule has 3 rings (SSSR count). The van der Waals surface area contributed by atoms with Crippen LogP contribution in [-0.2, 0) is 14.3 Å². The molecule has 2 heterocycles. The number of rotatable bonds is 4. The molecule has 0 unspecified atom stereocenters. The Morgan fingerprint density at radius 2 is 2.00 bits per heavy atom. The summed E-state index contributed by atoms with van der Waals surface area (Å²) in [4.78, 5) is 40.2. The second-order valence-electron chi connectivity index (χ2n) is 6.15. The SMILES string of the molecule is COC(=O)CCC(=O)N1CCC(n2c(=O)[nH]c3cc(Cl)ccc32)CC1. The molecule has 7 nitrogen and oxygen atoms in total. The highest BCUT2D eigenvalue weighted by molar-refractivity contribution is 6.31. The standard InChI is InChI=1S/C17H20ClN3O4/c1-25-16(23)5-4-15(22)20-8-6-12(7-9-20)21-14-3-2-11(18)10-13(14)19-17(21)24/h2-3,10,12H,4-9H2,1H3,(H,19,24). The number of methoxy groups -OCH3 is 1. The van der Waals surface area contributed by atoms with Crippen molar-refractivity contribution in [1.82, 2.24) is 14.5 Å². The van der Waals surface area contributed by atoms with Gasteiger partial charge in [0.05, 0.1) is 24.6 Å². The number of likely N-dealkylation sites (tertiary alicyclic amines) is 1. The fraction of sp³-hybridized carbons (Fsp3) is 0.471. The number of ether oxygens (including phenoxy) is 1. The molecule has 1 aromatic heterocycles. The molecule has 1 fully saturated rings. The Morgan fingerprint density at radius 1 is 1.28 bits per heavy atom. The van der Waals surface area contributed by atoms with Gasteiger partial charge in [-0.3, -0.25) is 14.2 Å². The molecule has 8 heteroatoms. The van der Waals surface area contributed by atoms with Crippen LogP contribution >= 0.6 is 11.6 Å². The Bertz CT molecular complexity index is 849. The smallest absolute Gasteiger partial charge is 0.326 e. The maximum atomic E-state index is 12.3. The van der Waals surface area contributed by atoms with Crippen molar-refractivity contribution in [2.24, 2.45) is 0 Å². The van der Waals surface area contributed by atoms with E-state index in [0.717, 1.165) is 5.52 Å². The lowest BCUT2D eigenvalue weighted by Crippen LogP contribution is -2.40. The second kappa shape index (κ2) is 7.31. The zero-order chi connectivity index (χ0) is 18.0. The Hall–Kier alpha value is -2.28. The van der Waals surface area contributed by atoms with Gasteiger partial charge in [-0.2, -0.15) is 0 Å². The second-order valence-corrected chi connectivity index (χ2v) is 6.59. The lowest BCUT2D eigenvalue weighted by molar-refractivity contribution is -0.143. The molecule has 1 aromatic carbocycles. The number of carbonyl (C=O) groups excluding carboxylic acids is 2. The first-order valence-electron chi connectivity index (χ1n) is 8.24. The predicted octanol–water partition coefficient (Wildman–Crippen LogP) is 2.10. The first-order valence-corrected chi connectivity index (χ1v) is 8.61. The number of aromatic nitrogens is 2. The average molecular weight is 366 g/mol. The van der Waals surface area contributed by atoms with Crippen LogP contribution in [0.1, 0.15) is 31.7 Å². The van der Waals surface area contributed by atoms with Crippen molar-refractivity contribution in [1.29, 1.82) is 0 Å². The van der Waals surface area contributed by atoms with Gasteiger partial charge in [-0.15, -0.1) is 0 Å². The number of hydrogen-bond acceptors (Lipinski definition) is 4. The summed E-state index contributed by atoms with van der Waals surface area (Å²) in [5.41, 5.74) is 1.38. The van der Waals surface area contributed by atoms with Crippen LogP contribution < -0.4 is 5.69 Å². The van der Waals surface area contributed by atoms with Crippen molar-refractivity contribution in [3.63, 3.8) is 0 Å². The van der Waals surface area contributed by atoms with Gasteiger partial charge in [0.25, 0.3) is 0 Å². The minimum atomic E-state index is -0.382. The van der Waals surface area contributed by atoms with Crippen LogP contribution in [0, 0.1) is 0 Å². The number of nitrogens with one attached hydrogen (secondary N) is 1. The van der Waals surface area contributed by atoms with Crippen LogP contribution in [0.2, 0.25) is 5.02 Å². The Morgan fingerprint density at radius 3 is 2.68 bits per heavy atom. The number of hydrogen-bond donors (Lipinski definition) is 1. The van der Waals surface area contributed by atoms with Crippen molar-refractivity contribution in [3.05, 3.63) is 33.7 Å². The van der Waals surface area contributed by atoms with E-state index in [1.165, 1.54) is 7.11 Å². The van der Waals surface area contributed by atoms with Crippen LogP contribution in [-0.4, -0.2) is 46.5 Å². The molecular weight excluding hydrogens is 346 g/mol. The number of aromatic amines is 1. The van der Waals surface area contributed by atoms with E-state index in [4.69, 9.17) is 11.6 Å². The monoisotopic (exact) mass is 365 g/mol. The third kappa shape index (κ3) is 3.71. The fourth-order valence-electron chi connectivity index (χ4n) is 3.31. The van der Waals surface area contributed by atoms with Crippen LogP contribution in [0.3, 0.4) is 0 Å². The van der Waals surface area contributed by atoms with Crippen LogP contribution in [0.15, 0.2) is 23.0 Å². The number of benzene rings is 1. The summed E-state index contributed by atoms with van der Waals surface area (Å²) in [7, 11) is 1.31. The molecule has 0 aliphatic carbocycles. The van der Waals surface area contributed by atoms with E-state index in [9.17, 15) is 14.4 Å². The maximum absolute atomic E-state index is 12.3. The summed E-state index contributed by atoms with van der Waals surface area (Å²) in [5.74, 6) is -0.436. The summed E-state index contributed by atoms with van der Waals surface area (Å²) < 4.78 is 6.31. The molecular formula is C17H20ClN3O4. The van der Waals surface area contributed by atoms with E-state index < -0.39 is 0 Å². The van der Waals surface area contributed by atoms with Crippen LogP contribution in [0.4, 0.5) is 0 Å². The van der Waals surface area contributed by atoms with Crippen molar-refractivity contribution in [2.45, 2.75) is 31.7 Å². The van der Waals surface area contributed by atoms with Gasteiger partial charge in [-0.05, 0) is 31.0 Å². The number of H-pyrrole nitrogens is 1. The van der Waals surface area contributed by atoms with Crippen molar-refractivity contribution in [3.8, 4) is 0 Å². The van der Waals surface area contributed by atoms with E-state index in [1.807, 2.05) is 6.07 Å². The molecule has 0 atom stereocenters. The molecule has 0 spiro atoms. The van der Waals surface area contributed by atoms with E-state index in [2.05, 4.69) is 9.72 Å². The molecule has 1 aliphatic heterocycles. The Labute approximate surface area is 149 Å². The Balaban J connectivity index is 1.67. The number of piperidine rings is 1. The van der Waals surface area contributed by atoms with Gasteiger partial charge in [-0.1, -0.05) is 11.6 Å². The van der Waals surface area contributed by atoms with E-state index in [1.54, 1.807) is 21.6 Å². The summed E-state index contributed by atoms with van der Waals surface area (Å²) in [6, 6.07) is 5.37. The number of fused-ring (bicyclic) bond motifs is 1. The third-order valence-electron chi connectivity index (χ3n) is 4.63. The van der Waals surface area contributed by atoms with Gasteiger partial charge in [0.2, 0.25) is 5.91 Å². The quantitative estimate of drug-likeness (QED) is 0.841. The third-order valence-corrected chi connectivity index (χ3v) is 4.87. The highest BCUT2D eigenvalue weighted by Crippen LogP contribution is 2.26. The maximum Gasteiger partial charge on any atom is 0.326 e. The van der Waals surface area contributed by atoms with Gasteiger partial charge in [0.15, 0.2) is 0 Å². The molecule has 0 bridgehead atoms. The highest BCUT2D eigenvalue weighted by atomic mass is 35.5. The number of imidazole rings is 1. The van der Waals surface area contributed by atoms with Crippen LogP contribution in [0.5, 0.6) is 0 Å². The normalized spacial score (nSPS) is 15.5. The van der Waals surface area contributed by atoms with Gasteiger partial charge in [0, 0.05) is 30.6 Å². The summed E-state index contributed by atoms with van der Waals surface area (Å²) in [6.07, 6.45) is 1.64. The van der Waals surface area contributed by atoms with E-state index in [0.29, 0.717) is 36.5 Å². The topological polar surface area (TPSA) is 84.4 Å². The molecule has 134 valence electrons. The molecule has 0 radical (unpaired) electrons. The van der Waals surface area contributed by atoms with E-state index in [-0.39, 0.29) is 36.4 Å². The summed E-state index contributed by atoms with van der Waals surface area (Å²) in [6.45, 7) is 1.13. The number of halogens is 1. The van der Waals surface area contributed by atoms with Crippen LogP contribution in [0.25, 0.3) is 11.0 Å². The first kappa shape index (κ1) is 17.5. The predicted molar refractivity (Wildman–Crippen MR) is 93.7 cm³/mol.